The van der Waals surface area contributed by atoms with Gasteiger partial charge in [-0.05, 0) is 23.3 Å². The molecule has 35 heavy (non-hydrogen) atoms. The molecule has 0 spiro atoms. The number of aryl methyl sites for hydroxylation is 1. The molecule has 4 heterocycles. The molecule has 2 N–H and O–H groups in total. The van der Waals surface area contributed by atoms with E-state index in [1.807, 2.05) is 7.05 Å². The highest BCUT2D eigenvalue weighted by atomic mass is 19.1. The molecular formula is C24H18FN7O3. The molecular weight excluding hydrogens is 453 g/mol. The Labute approximate surface area is 197 Å². The molecule has 2 aromatic carbocycles. The fourth-order valence-corrected chi connectivity index (χ4v) is 4.71. The summed E-state index contributed by atoms with van der Waals surface area (Å²) in [6.45, 7) is 0.0903. The lowest BCUT2D eigenvalue weighted by molar-refractivity contribution is -0.124. The summed E-state index contributed by atoms with van der Waals surface area (Å²) in [6, 6.07) is 10.4. The Morgan fingerprint density at radius 1 is 1.06 bits per heavy atom. The van der Waals surface area contributed by atoms with Crippen molar-refractivity contribution < 1.29 is 18.8 Å². The van der Waals surface area contributed by atoms with Crippen molar-refractivity contribution in [3.05, 3.63) is 77.6 Å². The van der Waals surface area contributed by atoms with E-state index in [1.165, 1.54) is 23.4 Å². The predicted molar refractivity (Wildman–Crippen MR) is 121 cm³/mol. The van der Waals surface area contributed by atoms with Gasteiger partial charge >= 0.3 is 6.03 Å². The third-order valence-corrected chi connectivity index (χ3v) is 6.47. The van der Waals surface area contributed by atoms with E-state index >= 15 is 0 Å². The van der Waals surface area contributed by atoms with Crippen LogP contribution in [0.25, 0.3) is 22.4 Å². The van der Waals surface area contributed by atoms with Crippen molar-refractivity contribution in [3.63, 3.8) is 0 Å². The number of imidazole rings is 1. The van der Waals surface area contributed by atoms with Crippen molar-refractivity contribution in [2.24, 2.45) is 7.05 Å². The number of carbonyl (C=O) groups excluding carboxylic acids is 3. The van der Waals surface area contributed by atoms with Crippen molar-refractivity contribution >= 4 is 29.0 Å². The molecule has 10 nitrogen and oxygen atoms in total. The second-order valence-corrected chi connectivity index (χ2v) is 8.60. The number of carbonyl (C=O) groups is 3. The first kappa shape index (κ1) is 20.9. The van der Waals surface area contributed by atoms with E-state index in [1.54, 1.807) is 41.2 Å². The van der Waals surface area contributed by atoms with Crippen LogP contribution in [0.5, 0.6) is 0 Å². The van der Waals surface area contributed by atoms with Gasteiger partial charge in [-0.25, -0.2) is 24.1 Å². The Morgan fingerprint density at radius 2 is 1.86 bits per heavy atom. The van der Waals surface area contributed by atoms with Gasteiger partial charge in [-0.1, -0.05) is 30.3 Å². The lowest BCUT2D eigenvalue weighted by atomic mass is 9.88. The average molecular weight is 471 g/mol. The van der Waals surface area contributed by atoms with Crippen LogP contribution in [-0.4, -0.2) is 48.8 Å². The van der Waals surface area contributed by atoms with Crippen molar-refractivity contribution in [2.75, 3.05) is 6.54 Å². The molecule has 4 aromatic rings. The molecule has 0 unspecified atom stereocenters. The number of halogens is 1. The fraction of sp³-hybridized carbons (Fsp3) is 0.167. The van der Waals surface area contributed by atoms with Gasteiger partial charge in [0, 0.05) is 24.7 Å². The quantitative estimate of drug-likeness (QED) is 0.438. The number of nitrogens with zero attached hydrogens (tertiary/aromatic N) is 5. The summed E-state index contributed by atoms with van der Waals surface area (Å²) in [5, 5.41) is 4.98. The smallest absolute Gasteiger partial charge is 0.322 e. The maximum absolute atomic E-state index is 13.7. The van der Waals surface area contributed by atoms with Crippen LogP contribution in [0, 0.1) is 5.82 Å². The van der Waals surface area contributed by atoms with Gasteiger partial charge in [0.1, 0.15) is 23.4 Å². The number of hydrogen-bond donors (Lipinski definition) is 2. The number of amides is 4. The van der Waals surface area contributed by atoms with Crippen LogP contribution in [-0.2, 0) is 23.9 Å². The van der Waals surface area contributed by atoms with Gasteiger partial charge in [-0.15, -0.1) is 0 Å². The first-order valence-electron chi connectivity index (χ1n) is 10.8. The third-order valence-electron chi connectivity index (χ3n) is 6.47. The first-order chi connectivity index (χ1) is 16.9. The zero-order valence-corrected chi connectivity index (χ0v) is 18.4. The highest BCUT2D eigenvalue weighted by Gasteiger charge is 2.50. The minimum atomic E-state index is -1.50. The molecule has 11 heteroatoms. The molecule has 4 amide bonds. The number of rotatable bonds is 4. The lowest BCUT2D eigenvalue weighted by Gasteiger charge is -2.31. The van der Waals surface area contributed by atoms with Gasteiger partial charge in [0.05, 0.1) is 12.9 Å². The average Bonchev–Trinajstić information content (AvgIpc) is 3.48. The van der Waals surface area contributed by atoms with Gasteiger partial charge in [-0.2, -0.15) is 0 Å². The molecule has 0 saturated carbocycles. The minimum Gasteiger partial charge on any atom is -0.331 e. The van der Waals surface area contributed by atoms with Crippen LogP contribution in [0.4, 0.5) is 9.18 Å². The molecule has 0 aliphatic carbocycles. The Hall–Kier alpha value is -4.67. The zero-order valence-electron chi connectivity index (χ0n) is 18.4. The van der Waals surface area contributed by atoms with E-state index < -0.39 is 29.2 Å². The van der Waals surface area contributed by atoms with Crippen LogP contribution in [0.15, 0.2) is 55.1 Å². The second kappa shape index (κ2) is 7.42. The van der Waals surface area contributed by atoms with Crippen LogP contribution < -0.4 is 10.6 Å². The molecule has 1 atom stereocenters. The monoisotopic (exact) mass is 471 g/mol. The minimum absolute atomic E-state index is 0.114. The summed E-state index contributed by atoms with van der Waals surface area (Å²) < 4.78 is 15.5. The molecule has 2 aromatic heterocycles. The van der Waals surface area contributed by atoms with E-state index in [4.69, 9.17) is 0 Å². The lowest BCUT2D eigenvalue weighted by Crippen LogP contribution is -2.52. The molecule has 2 aliphatic rings. The Balaban J connectivity index is 1.37. The number of benzene rings is 2. The van der Waals surface area contributed by atoms with E-state index in [-0.39, 0.29) is 18.7 Å². The molecule has 1 saturated heterocycles. The largest absolute Gasteiger partial charge is 0.331 e. The Bertz CT molecular complexity index is 1550. The zero-order chi connectivity index (χ0) is 24.3. The van der Waals surface area contributed by atoms with Crippen LogP contribution in [0.2, 0.25) is 0 Å². The summed E-state index contributed by atoms with van der Waals surface area (Å²) in [6.07, 6.45) is 3.11. The molecule has 174 valence electrons. The maximum atomic E-state index is 13.7. The predicted octanol–water partition coefficient (Wildman–Crippen LogP) is 1.86. The van der Waals surface area contributed by atoms with E-state index in [0.29, 0.717) is 28.0 Å². The number of urea groups is 1. The van der Waals surface area contributed by atoms with E-state index in [2.05, 4.69) is 25.6 Å². The molecule has 1 fully saturated rings. The second-order valence-electron chi connectivity index (χ2n) is 8.60. The standard InChI is InChI=1S/C24H18FN7O3/c1-31-12-28-19-18(26-11-27-20(19)31)13-2-5-15(6-3-13)24(22(34)29-23(35)30-24)10-32-9-14-4-7-16(25)8-17(14)21(32)33/h2-8,11-12H,9-10H2,1H3,(H2,29,30,34,35)/t24-/m0/s1. The van der Waals surface area contributed by atoms with Crippen molar-refractivity contribution in [1.29, 1.82) is 0 Å². The third kappa shape index (κ3) is 3.15. The molecule has 6 rings (SSSR count). The number of hydrogen-bond acceptors (Lipinski definition) is 6. The maximum Gasteiger partial charge on any atom is 0.322 e. The summed E-state index contributed by atoms with van der Waals surface area (Å²) in [4.78, 5) is 52.6. The number of nitrogens with one attached hydrogen (secondary N) is 2. The normalized spacial score (nSPS) is 19.3. The van der Waals surface area contributed by atoms with Gasteiger partial charge in [0.15, 0.2) is 11.2 Å². The summed E-state index contributed by atoms with van der Waals surface area (Å²) in [5.41, 5.74) is 2.60. The highest BCUT2D eigenvalue weighted by molar-refractivity contribution is 6.08. The van der Waals surface area contributed by atoms with Gasteiger partial charge in [0.2, 0.25) is 0 Å². The number of imide groups is 1. The van der Waals surface area contributed by atoms with Crippen LogP contribution in [0.3, 0.4) is 0 Å². The van der Waals surface area contributed by atoms with Gasteiger partial charge < -0.3 is 14.8 Å². The SMILES string of the molecule is Cn1cnc2c(-c3ccc([C@]4(CN5Cc6ccc(F)cc6C5=O)NC(=O)NC4=O)cc3)ncnc21. The van der Waals surface area contributed by atoms with Crippen molar-refractivity contribution in [3.8, 4) is 11.3 Å². The topological polar surface area (TPSA) is 122 Å². The summed E-state index contributed by atoms with van der Waals surface area (Å²) in [5.74, 6) is -1.48. The Kier molecular flexibility index (Phi) is 4.43. The molecule has 0 bridgehead atoms. The number of fused-ring (bicyclic) bond motifs is 2. The van der Waals surface area contributed by atoms with Crippen LogP contribution in [0.1, 0.15) is 21.5 Å². The number of aromatic nitrogens is 4. The highest BCUT2D eigenvalue weighted by Crippen LogP contribution is 2.33. The fourth-order valence-electron chi connectivity index (χ4n) is 4.71. The first-order valence-corrected chi connectivity index (χ1v) is 10.8. The summed E-state index contributed by atoms with van der Waals surface area (Å²) >= 11 is 0. The Morgan fingerprint density at radius 3 is 2.60 bits per heavy atom. The van der Waals surface area contributed by atoms with Crippen molar-refractivity contribution in [2.45, 2.75) is 12.1 Å². The van der Waals surface area contributed by atoms with Gasteiger partial charge in [0.25, 0.3) is 11.8 Å². The van der Waals surface area contributed by atoms with E-state index in [0.717, 1.165) is 5.56 Å². The van der Waals surface area contributed by atoms with Crippen molar-refractivity contribution in [1.82, 2.24) is 35.1 Å². The van der Waals surface area contributed by atoms with Gasteiger partial charge in [-0.3, -0.25) is 14.9 Å². The van der Waals surface area contributed by atoms with E-state index in [9.17, 15) is 18.8 Å². The van der Waals surface area contributed by atoms with Crippen LogP contribution >= 0.6 is 0 Å². The summed E-state index contributed by atoms with van der Waals surface area (Å²) in [7, 11) is 1.84. The molecule has 0 radical (unpaired) electrons. The molecule has 2 aliphatic heterocycles.